The normalized spacial score (nSPS) is 14.6. The van der Waals surface area contributed by atoms with E-state index < -0.39 is 0 Å². The fraction of sp³-hybridized carbons (Fsp3) is 0. The molecule has 13 heavy (non-hydrogen) atoms. The van der Waals surface area contributed by atoms with Crippen molar-refractivity contribution in [3.63, 3.8) is 0 Å². The van der Waals surface area contributed by atoms with Crippen molar-refractivity contribution in [1.29, 1.82) is 0 Å². The summed E-state index contributed by atoms with van der Waals surface area (Å²) in [5, 5.41) is 3.15. The second-order valence-corrected chi connectivity index (χ2v) is 2.70. The number of benzene rings is 1. The van der Waals surface area contributed by atoms with Gasteiger partial charge in [0.2, 0.25) is 0 Å². The lowest BCUT2D eigenvalue weighted by molar-refractivity contribution is 1.21. The van der Waals surface area contributed by atoms with E-state index in [1.165, 1.54) is 5.56 Å². The summed E-state index contributed by atoms with van der Waals surface area (Å²) in [5.41, 5.74) is 2.23. The van der Waals surface area contributed by atoms with E-state index >= 15 is 0 Å². The summed E-state index contributed by atoms with van der Waals surface area (Å²) in [6.07, 6.45) is 7.28. The number of hydrogen-bond donors (Lipinski definition) is 1. The van der Waals surface area contributed by atoms with Gasteiger partial charge in [0.25, 0.3) is 0 Å². The fourth-order valence-electron chi connectivity index (χ4n) is 1.18. The highest BCUT2D eigenvalue weighted by Crippen LogP contribution is 2.10. The highest BCUT2D eigenvalue weighted by atomic mass is 14.9. The number of nitrogens with zero attached hydrogens (tertiary/aromatic N) is 1. The molecule has 0 atom stereocenters. The van der Waals surface area contributed by atoms with Gasteiger partial charge in [-0.05, 0) is 11.6 Å². The Kier molecular flexibility index (Phi) is 2.23. The highest BCUT2D eigenvalue weighted by Gasteiger charge is 1.97. The minimum absolute atomic E-state index is 1.07. The molecule has 2 heteroatoms. The average molecular weight is 170 g/mol. The molecule has 1 N–H and O–H groups in total. The molecule has 1 aromatic rings. The Labute approximate surface area is 77.3 Å². The maximum Gasteiger partial charge on any atom is 0.0469 e. The summed E-state index contributed by atoms with van der Waals surface area (Å²) < 4.78 is 0. The Hall–Kier alpha value is -1.83. The minimum Gasteiger partial charge on any atom is -0.360 e. The highest BCUT2D eigenvalue weighted by molar-refractivity contribution is 5.85. The Balaban J connectivity index is 2.32. The summed E-state index contributed by atoms with van der Waals surface area (Å²) in [5.74, 6) is 0. The van der Waals surface area contributed by atoms with Crippen molar-refractivity contribution in [3.8, 4) is 0 Å². The lowest BCUT2D eigenvalue weighted by atomic mass is 10.1. The topological polar surface area (TPSA) is 24.4 Å². The number of aliphatic imine (C=N–C) groups is 1. The van der Waals surface area contributed by atoms with Crippen molar-refractivity contribution in [3.05, 3.63) is 54.4 Å². The molecule has 0 radical (unpaired) electrons. The van der Waals surface area contributed by atoms with Crippen LogP contribution >= 0.6 is 0 Å². The van der Waals surface area contributed by atoms with Gasteiger partial charge >= 0.3 is 0 Å². The molecular formula is C11H10N2. The van der Waals surface area contributed by atoms with Crippen molar-refractivity contribution in [2.45, 2.75) is 0 Å². The molecule has 1 aliphatic heterocycles. The molecule has 1 heterocycles. The number of rotatable bonds is 1. The van der Waals surface area contributed by atoms with Crippen LogP contribution in [0.2, 0.25) is 0 Å². The van der Waals surface area contributed by atoms with Gasteiger partial charge in [-0.25, -0.2) is 0 Å². The van der Waals surface area contributed by atoms with Crippen LogP contribution in [-0.2, 0) is 0 Å². The molecule has 0 fully saturated rings. The van der Waals surface area contributed by atoms with E-state index in [9.17, 15) is 0 Å². The predicted molar refractivity (Wildman–Crippen MR) is 55.2 cm³/mol. The summed E-state index contributed by atoms with van der Waals surface area (Å²) in [6, 6.07) is 10.2. The first kappa shape index (κ1) is 7.80. The Morgan fingerprint density at radius 2 is 1.92 bits per heavy atom. The molecule has 0 aromatic heterocycles. The van der Waals surface area contributed by atoms with Gasteiger partial charge in [0.15, 0.2) is 0 Å². The van der Waals surface area contributed by atoms with Crippen molar-refractivity contribution in [2.24, 2.45) is 4.99 Å². The summed E-state index contributed by atoms with van der Waals surface area (Å²) in [4.78, 5) is 4.00. The molecule has 2 rings (SSSR count). The second kappa shape index (κ2) is 3.72. The quantitative estimate of drug-likeness (QED) is 0.686. The van der Waals surface area contributed by atoms with Gasteiger partial charge in [-0.1, -0.05) is 30.3 Å². The monoisotopic (exact) mass is 170 g/mol. The van der Waals surface area contributed by atoms with Crippen LogP contribution in [0.5, 0.6) is 0 Å². The molecular weight excluding hydrogens is 160 g/mol. The molecule has 1 aromatic carbocycles. The van der Waals surface area contributed by atoms with Crippen LogP contribution in [-0.4, -0.2) is 6.21 Å². The smallest absolute Gasteiger partial charge is 0.0469 e. The largest absolute Gasteiger partial charge is 0.360 e. The van der Waals surface area contributed by atoms with Crippen molar-refractivity contribution >= 4 is 11.9 Å². The van der Waals surface area contributed by atoms with E-state index in [1.807, 2.05) is 30.5 Å². The number of hydrogen-bond acceptors (Lipinski definition) is 2. The molecule has 1 aliphatic rings. The molecule has 0 aliphatic carbocycles. The fourth-order valence-corrected chi connectivity index (χ4v) is 1.18. The number of allylic oxidation sites excluding steroid dienone is 1. The average Bonchev–Trinajstić information content (AvgIpc) is 2.47. The van der Waals surface area contributed by atoms with E-state index in [-0.39, 0.29) is 0 Å². The second-order valence-electron chi connectivity index (χ2n) is 2.70. The van der Waals surface area contributed by atoms with E-state index in [1.54, 1.807) is 12.4 Å². The number of nitrogens with one attached hydrogen (secondary N) is 1. The van der Waals surface area contributed by atoms with Crippen LogP contribution in [0.1, 0.15) is 5.56 Å². The molecule has 0 amide bonds. The standard InChI is InChI=1S/C11H10N2/c1-2-4-10(5-3-1)11-6-7-12-8-9-13-11/h1-9,13H. The van der Waals surface area contributed by atoms with Gasteiger partial charge in [0.1, 0.15) is 0 Å². The Morgan fingerprint density at radius 3 is 2.77 bits per heavy atom. The molecule has 0 bridgehead atoms. The van der Waals surface area contributed by atoms with Gasteiger partial charge in [0.05, 0.1) is 0 Å². The predicted octanol–water partition coefficient (Wildman–Crippen LogP) is 2.17. The van der Waals surface area contributed by atoms with Crippen molar-refractivity contribution in [1.82, 2.24) is 5.32 Å². The first-order valence-corrected chi connectivity index (χ1v) is 4.17. The lowest BCUT2D eigenvalue weighted by Gasteiger charge is -2.04. The first-order chi connectivity index (χ1) is 6.47. The summed E-state index contributed by atoms with van der Waals surface area (Å²) in [7, 11) is 0. The van der Waals surface area contributed by atoms with Gasteiger partial charge < -0.3 is 5.32 Å². The van der Waals surface area contributed by atoms with E-state index in [4.69, 9.17) is 0 Å². The third-order valence-electron chi connectivity index (χ3n) is 1.81. The van der Waals surface area contributed by atoms with E-state index in [0.29, 0.717) is 0 Å². The van der Waals surface area contributed by atoms with Gasteiger partial charge in [-0.2, -0.15) is 0 Å². The Morgan fingerprint density at radius 1 is 1.08 bits per heavy atom. The zero-order valence-electron chi connectivity index (χ0n) is 7.14. The van der Waals surface area contributed by atoms with Gasteiger partial charge in [0, 0.05) is 24.3 Å². The van der Waals surface area contributed by atoms with Gasteiger partial charge in [-0.3, -0.25) is 4.99 Å². The molecule has 0 spiro atoms. The molecule has 0 saturated heterocycles. The zero-order chi connectivity index (χ0) is 8.93. The third kappa shape index (κ3) is 1.85. The maximum atomic E-state index is 4.00. The lowest BCUT2D eigenvalue weighted by Crippen LogP contribution is -2.02. The molecule has 0 unspecified atom stereocenters. The third-order valence-corrected chi connectivity index (χ3v) is 1.81. The van der Waals surface area contributed by atoms with Crippen LogP contribution < -0.4 is 5.32 Å². The Bertz CT molecular complexity index is 361. The molecule has 64 valence electrons. The van der Waals surface area contributed by atoms with Crippen LogP contribution in [0.4, 0.5) is 0 Å². The van der Waals surface area contributed by atoms with Crippen LogP contribution in [0.25, 0.3) is 5.70 Å². The molecule has 0 saturated carbocycles. The minimum atomic E-state index is 1.07. The van der Waals surface area contributed by atoms with Crippen LogP contribution in [0.15, 0.2) is 53.8 Å². The molecule has 2 nitrogen and oxygen atoms in total. The van der Waals surface area contributed by atoms with E-state index in [0.717, 1.165) is 5.70 Å². The van der Waals surface area contributed by atoms with Crippen LogP contribution in [0, 0.1) is 0 Å². The maximum absolute atomic E-state index is 4.00. The zero-order valence-corrected chi connectivity index (χ0v) is 7.14. The van der Waals surface area contributed by atoms with Gasteiger partial charge in [-0.15, -0.1) is 0 Å². The SMILES string of the molecule is C1=CNC(c2ccccc2)=CC=N1. The first-order valence-electron chi connectivity index (χ1n) is 4.17. The van der Waals surface area contributed by atoms with Crippen molar-refractivity contribution in [2.75, 3.05) is 0 Å². The summed E-state index contributed by atoms with van der Waals surface area (Å²) >= 11 is 0. The summed E-state index contributed by atoms with van der Waals surface area (Å²) in [6.45, 7) is 0. The van der Waals surface area contributed by atoms with Crippen molar-refractivity contribution < 1.29 is 0 Å². The van der Waals surface area contributed by atoms with Crippen LogP contribution in [0.3, 0.4) is 0 Å². The van der Waals surface area contributed by atoms with E-state index in [2.05, 4.69) is 22.4 Å².